The lowest BCUT2D eigenvalue weighted by Crippen LogP contribution is -2.48. The molecule has 1 aromatic carbocycles. The van der Waals surface area contributed by atoms with Gasteiger partial charge >= 0.3 is 6.03 Å². The van der Waals surface area contributed by atoms with Gasteiger partial charge < -0.3 is 10.2 Å². The van der Waals surface area contributed by atoms with E-state index in [0.29, 0.717) is 31.3 Å². The van der Waals surface area contributed by atoms with E-state index in [4.69, 9.17) is 0 Å². The maximum Gasteiger partial charge on any atom is 0.325 e. The van der Waals surface area contributed by atoms with Crippen molar-refractivity contribution in [2.45, 2.75) is 52.5 Å². The van der Waals surface area contributed by atoms with Crippen molar-refractivity contribution in [1.29, 1.82) is 0 Å². The number of fused-ring (bicyclic) bond motifs is 2. The van der Waals surface area contributed by atoms with Crippen LogP contribution in [0.15, 0.2) is 24.3 Å². The Kier molecular flexibility index (Phi) is 5.77. The minimum atomic E-state index is -1.02. The number of benzene rings is 1. The molecule has 3 rings (SSSR count). The zero-order chi connectivity index (χ0) is 20.5. The van der Waals surface area contributed by atoms with E-state index in [1.807, 2.05) is 24.3 Å². The topological polar surface area (TPSA) is 69.7 Å². The number of rotatable bonds is 6. The van der Waals surface area contributed by atoms with E-state index >= 15 is 0 Å². The number of nitrogens with one attached hydrogen (secondary N) is 1. The number of aryl methyl sites for hydroxylation is 1. The molecule has 1 aliphatic carbocycles. The van der Waals surface area contributed by atoms with Crippen LogP contribution in [0.4, 0.5) is 4.79 Å². The van der Waals surface area contributed by atoms with Crippen molar-refractivity contribution in [2.24, 2.45) is 11.8 Å². The fourth-order valence-corrected chi connectivity index (χ4v) is 4.35. The Morgan fingerprint density at radius 3 is 2.43 bits per heavy atom. The Bertz CT molecular complexity index is 764. The van der Waals surface area contributed by atoms with Gasteiger partial charge in [0.05, 0.1) is 0 Å². The first-order valence-corrected chi connectivity index (χ1v) is 10.2. The van der Waals surface area contributed by atoms with Gasteiger partial charge in [-0.1, -0.05) is 52.0 Å². The number of nitrogens with zero attached hydrogens (tertiary/aromatic N) is 2. The summed E-state index contributed by atoms with van der Waals surface area (Å²) in [7, 11) is 0. The van der Waals surface area contributed by atoms with Crippen LogP contribution >= 0.6 is 0 Å². The molecular weight excluding hydrogens is 354 g/mol. The third-order valence-electron chi connectivity index (χ3n) is 5.47. The standard InChI is InChI=1S/C22H31N3O3/c1-15(2)12-24(13-16(3)4)19(26)14-25-20(27)22(23-21(25)28)11-7-9-17-8-5-6-10-18(17)22/h5-6,8,10,15-16H,7,9,11-14H2,1-4H3,(H,23,28)/t22-/m1/s1. The molecule has 1 saturated heterocycles. The number of imide groups is 1. The molecule has 1 spiro atoms. The second-order valence-electron chi connectivity index (χ2n) is 8.82. The highest BCUT2D eigenvalue weighted by atomic mass is 16.2. The lowest BCUT2D eigenvalue weighted by atomic mass is 9.76. The Labute approximate surface area is 167 Å². The second kappa shape index (κ2) is 7.94. The van der Waals surface area contributed by atoms with Crippen molar-refractivity contribution in [3.8, 4) is 0 Å². The quantitative estimate of drug-likeness (QED) is 0.766. The summed E-state index contributed by atoms with van der Waals surface area (Å²) in [6.07, 6.45) is 2.30. The van der Waals surface area contributed by atoms with E-state index in [2.05, 4.69) is 33.0 Å². The van der Waals surface area contributed by atoms with Gasteiger partial charge in [-0.15, -0.1) is 0 Å². The molecular formula is C22H31N3O3. The van der Waals surface area contributed by atoms with Crippen LogP contribution < -0.4 is 5.32 Å². The van der Waals surface area contributed by atoms with E-state index < -0.39 is 11.6 Å². The van der Waals surface area contributed by atoms with Crippen LogP contribution in [0, 0.1) is 11.8 Å². The summed E-state index contributed by atoms with van der Waals surface area (Å²) in [4.78, 5) is 41.8. The van der Waals surface area contributed by atoms with Crippen LogP contribution in [0.1, 0.15) is 51.7 Å². The molecule has 0 aromatic heterocycles. The van der Waals surface area contributed by atoms with Gasteiger partial charge in [0.2, 0.25) is 5.91 Å². The summed E-state index contributed by atoms with van der Waals surface area (Å²) in [5, 5.41) is 2.92. The van der Waals surface area contributed by atoms with Crippen molar-refractivity contribution in [3.63, 3.8) is 0 Å². The summed E-state index contributed by atoms with van der Waals surface area (Å²) >= 11 is 0. The first-order chi connectivity index (χ1) is 13.2. The summed E-state index contributed by atoms with van der Waals surface area (Å²) in [6.45, 7) is 9.27. The van der Waals surface area contributed by atoms with E-state index in [1.54, 1.807) is 4.90 Å². The van der Waals surface area contributed by atoms with Crippen LogP contribution in [0.5, 0.6) is 0 Å². The largest absolute Gasteiger partial charge is 0.341 e. The molecule has 2 aliphatic rings. The number of carbonyl (C=O) groups excluding carboxylic acids is 3. The molecule has 0 saturated carbocycles. The summed E-state index contributed by atoms with van der Waals surface area (Å²) in [6, 6.07) is 7.31. The van der Waals surface area contributed by atoms with Gasteiger partial charge in [0.1, 0.15) is 12.1 Å². The second-order valence-corrected chi connectivity index (χ2v) is 8.82. The SMILES string of the molecule is CC(C)CN(CC(C)C)C(=O)CN1C(=O)N[C@@]2(CCCc3ccccc32)C1=O. The van der Waals surface area contributed by atoms with Gasteiger partial charge in [0.25, 0.3) is 5.91 Å². The van der Waals surface area contributed by atoms with Gasteiger partial charge in [-0.25, -0.2) is 4.79 Å². The van der Waals surface area contributed by atoms with Crippen LogP contribution in [-0.2, 0) is 21.5 Å². The number of carbonyl (C=O) groups is 3. The molecule has 1 fully saturated rings. The highest BCUT2D eigenvalue weighted by molar-refractivity contribution is 6.09. The van der Waals surface area contributed by atoms with Gasteiger partial charge in [-0.05, 0) is 42.2 Å². The zero-order valence-corrected chi connectivity index (χ0v) is 17.3. The highest BCUT2D eigenvalue weighted by Gasteiger charge is 2.54. The van der Waals surface area contributed by atoms with Crippen molar-refractivity contribution in [3.05, 3.63) is 35.4 Å². The smallest absolute Gasteiger partial charge is 0.325 e. The molecule has 0 radical (unpaired) electrons. The Balaban J connectivity index is 1.82. The van der Waals surface area contributed by atoms with Crippen LogP contribution in [0.25, 0.3) is 0 Å². The summed E-state index contributed by atoms with van der Waals surface area (Å²) in [5.41, 5.74) is 0.945. The monoisotopic (exact) mass is 385 g/mol. The third-order valence-corrected chi connectivity index (χ3v) is 5.47. The molecule has 1 aliphatic heterocycles. The predicted octanol–water partition coefficient (Wildman–Crippen LogP) is 2.91. The lowest BCUT2D eigenvalue weighted by molar-refractivity contribution is -0.140. The normalized spacial score (nSPS) is 21.4. The maximum absolute atomic E-state index is 13.3. The minimum absolute atomic E-state index is 0.174. The Morgan fingerprint density at radius 1 is 1.14 bits per heavy atom. The Hall–Kier alpha value is -2.37. The molecule has 0 unspecified atom stereocenters. The average molecular weight is 386 g/mol. The number of hydrogen-bond donors (Lipinski definition) is 1. The predicted molar refractivity (Wildman–Crippen MR) is 108 cm³/mol. The van der Waals surface area contributed by atoms with Crippen LogP contribution in [-0.4, -0.2) is 47.3 Å². The molecule has 0 bridgehead atoms. The Morgan fingerprint density at radius 2 is 1.79 bits per heavy atom. The van der Waals surface area contributed by atoms with Crippen molar-refractivity contribution in [1.82, 2.24) is 15.1 Å². The van der Waals surface area contributed by atoms with Crippen LogP contribution in [0.2, 0.25) is 0 Å². The first kappa shape index (κ1) is 20.4. The fraction of sp³-hybridized carbons (Fsp3) is 0.591. The molecule has 28 heavy (non-hydrogen) atoms. The van der Waals surface area contributed by atoms with Crippen LogP contribution in [0.3, 0.4) is 0 Å². The van der Waals surface area contributed by atoms with E-state index in [-0.39, 0.29) is 18.4 Å². The fourth-order valence-electron chi connectivity index (χ4n) is 4.35. The lowest BCUT2D eigenvalue weighted by Gasteiger charge is -2.33. The summed E-state index contributed by atoms with van der Waals surface area (Å²) < 4.78 is 0. The summed E-state index contributed by atoms with van der Waals surface area (Å²) in [5.74, 6) is 0.170. The minimum Gasteiger partial charge on any atom is -0.341 e. The molecule has 1 heterocycles. The molecule has 4 amide bonds. The van der Waals surface area contributed by atoms with E-state index in [1.165, 1.54) is 0 Å². The van der Waals surface area contributed by atoms with Crippen molar-refractivity contribution < 1.29 is 14.4 Å². The zero-order valence-electron chi connectivity index (χ0n) is 17.3. The molecule has 6 nitrogen and oxygen atoms in total. The van der Waals surface area contributed by atoms with E-state index in [0.717, 1.165) is 28.9 Å². The van der Waals surface area contributed by atoms with Crippen molar-refractivity contribution in [2.75, 3.05) is 19.6 Å². The highest BCUT2D eigenvalue weighted by Crippen LogP contribution is 2.39. The average Bonchev–Trinajstić information content (AvgIpc) is 2.85. The molecule has 1 N–H and O–H groups in total. The maximum atomic E-state index is 13.3. The number of urea groups is 1. The van der Waals surface area contributed by atoms with Gasteiger partial charge in [0.15, 0.2) is 0 Å². The number of hydrogen-bond acceptors (Lipinski definition) is 3. The number of amides is 4. The van der Waals surface area contributed by atoms with Gasteiger partial charge in [-0.2, -0.15) is 0 Å². The third kappa shape index (κ3) is 3.77. The van der Waals surface area contributed by atoms with Gasteiger partial charge in [0, 0.05) is 13.1 Å². The molecule has 1 aromatic rings. The molecule has 1 atom stereocenters. The molecule has 152 valence electrons. The first-order valence-electron chi connectivity index (χ1n) is 10.2. The molecule has 6 heteroatoms. The van der Waals surface area contributed by atoms with Gasteiger partial charge in [-0.3, -0.25) is 14.5 Å². The van der Waals surface area contributed by atoms with Crippen molar-refractivity contribution >= 4 is 17.8 Å². The van der Waals surface area contributed by atoms with E-state index in [9.17, 15) is 14.4 Å².